The molecule has 0 nitrogen and oxygen atoms in total. The van der Waals surface area contributed by atoms with E-state index in [0.717, 1.165) is 0 Å². The van der Waals surface area contributed by atoms with E-state index in [0.29, 0.717) is 0 Å². The molecule has 0 radical (unpaired) electrons. The van der Waals surface area contributed by atoms with E-state index in [-0.39, 0.29) is 79.9 Å². The van der Waals surface area contributed by atoms with Crippen LogP contribution in [0.4, 0.5) is 0 Å². The predicted octanol–water partition coefficient (Wildman–Crippen LogP) is -6.38. The Morgan fingerprint density at radius 3 is 0.750 bits per heavy atom. The van der Waals surface area contributed by atoms with E-state index in [1.165, 1.54) is 0 Å². The zero-order valence-corrected chi connectivity index (χ0v) is 6.87. The maximum Gasteiger partial charge on any atom is 2.00 e. The molecule has 22 valence electrons. The van der Waals surface area contributed by atoms with Crippen LogP contribution in [0, 0.1) is 0 Å². The molecular weight excluding hydrogens is 163 g/mol. The molecule has 0 amide bonds. The molecule has 4 heteroatoms. The van der Waals surface area contributed by atoms with Crippen molar-refractivity contribution in [3.05, 3.63) is 0 Å². The summed E-state index contributed by atoms with van der Waals surface area (Å²) >= 11 is 0. The predicted molar refractivity (Wildman–Crippen MR) is 5.75 cm³/mol. The summed E-state index contributed by atoms with van der Waals surface area (Å²) < 4.78 is 0. The van der Waals surface area contributed by atoms with Gasteiger partial charge in [0.05, 0.1) is 0 Å². The van der Waals surface area contributed by atoms with Gasteiger partial charge < -0.3 is 24.8 Å². The van der Waals surface area contributed by atoms with Crippen LogP contribution in [0.25, 0.3) is 0 Å². The molecule has 0 unspecified atom stereocenters. The van der Waals surface area contributed by atoms with E-state index < -0.39 is 0 Å². The summed E-state index contributed by atoms with van der Waals surface area (Å²) in [6.45, 7) is 0. The van der Waals surface area contributed by atoms with Crippen molar-refractivity contribution in [2.45, 2.75) is 0 Å². The van der Waals surface area contributed by atoms with Gasteiger partial charge in [0.25, 0.3) is 0 Å². The Morgan fingerprint density at radius 1 is 0.750 bits per heavy atom. The van der Waals surface area contributed by atoms with E-state index in [4.69, 9.17) is 0 Å². The second-order valence-electron chi connectivity index (χ2n) is 0. The average Bonchev–Trinajstić information content (AvgIpc) is 0. The van der Waals surface area contributed by atoms with Gasteiger partial charge in [0, 0.05) is 17.4 Å². The number of rotatable bonds is 0. The maximum atomic E-state index is 0. The molecular formula is CaCl2Cr. The van der Waals surface area contributed by atoms with Crippen LogP contribution in [0.15, 0.2) is 0 Å². The van der Waals surface area contributed by atoms with Crippen LogP contribution in [0.2, 0.25) is 0 Å². The summed E-state index contributed by atoms with van der Waals surface area (Å²) in [5, 5.41) is 0. The Bertz CT molecular complexity index is 6.00. The first-order chi connectivity index (χ1) is 0. The summed E-state index contributed by atoms with van der Waals surface area (Å²) in [4.78, 5) is 0. The molecule has 0 saturated heterocycles. The molecule has 0 aromatic heterocycles. The normalized spacial score (nSPS) is 0. The number of hydrogen-bond donors (Lipinski definition) is 0. The third-order valence-corrected chi connectivity index (χ3v) is 0. The van der Waals surface area contributed by atoms with Crippen LogP contribution < -0.4 is 24.8 Å². The molecule has 0 aliphatic rings. The van der Waals surface area contributed by atoms with E-state index in [1.54, 1.807) is 0 Å². The first-order valence-corrected chi connectivity index (χ1v) is 0. The fraction of sp³-hybridized carbons (Fsp3) is 0. The maximum absolute atomic E-state index is 0. The van der Waals surface area contributed by atoms with Crippen molar-refractivity contribution in [2.75, 3.05) is 0 Å². The van der Waals surface area contributed by atoms with E-state index in [2.05, 4.69) is 0 Å². The molecule has 0 atom stereocenters. The minimum absolute atomic E-state index is 0. The summed E-state index contributed by atoms with van der Waals surface area (Å²) in [6, 6.07) is 0. The largest absolute Gasteiger partial charge is 2.00 e. The van der Waals surface area contributed by atoms with Crippen LogP contribution in [-0.2, 0) is 17.4 Å². The zero-order chi connectivity index (χ0) is 0. The quantitative estimate of drug-likeness (QED) is 0.311. The third-order valence-electron chi connectivity index (χ3n) is 0. The Labute approximate surface area is 78.7 Å². The van der Waals surface area contributed by atoms with Gasteiger partial charge in [-0.05, 0) is 0 Å². The zero-order valence-electron chi connectivity index (χ0n) is 1.87. The van der Waals surface area contributed by atoms with Gasteiger partial charge >= 0.3 is 37.7 Å². The SMILES string of the molecule is [Ca+2].[Cl-].[Cl-].[Cr]. The summed E-state index contributed by atoms with van der Waals surface area (Å²) in [5.74, 6) is 0. The summed E-state index contributed by atoms with van der Waals surface area (Å²) in [5.41, 5.74) is 0. The molecule has 0 fully saturated rings. The van der Waals surface area contributed by atoms with Gasteiger partial charge in [0.2, 0.25) is 0 Å². The monoisotopic (exact) mass is 162 g/mol. The van der Waals surface area contributed by atoms with Crippen LogP contribution in [0.3, 0.4) is 0 Å². The minimum Gasteiger partial charge on any atom is -1.00 e. The fourth-order valence-electron chi connectivity index (χ4n) is 0. The van der Waals surface area contributed by atoms with Gasteiger partial charge in [0.15, 0.2) is 0 Å². The van der Waals surface area contributed by atoms with Crippen LogP contribution >= 0.6 is 0 Å². The number of hydrogen-bond acceptors (Lipinski definition) is 0. The molecule has 0 saturated carbocycles. The molecule has 0 aliphatic heterocycles. The van der Waals surface area contributed by atoms with Gasteiger partial charge in [-0.2, -0.15) is 0 Å². The molecule has 0 heterocycles. The molecule has 0 bridgehead atoms. The second kappa shape index (κ2) is 18.2. The molecule has 0 N–H and O–H groups in total. The first kappa shape index (κ1) is 32.7. The smallest absolute Gasteiger partial charge is 1.00 e. The van der Waals surface area contributed by atoms with Gasteiger partial charge in [-0.25, -0.2) is 0 Å². The van der Waals surface area contributed by atoms with Crippen molar-refractivity contribution in [2.24, 2.45) is 0 Å². The molecule has 0 aliphatic carbocycles. The average molecular weight is 163 g/mol. The van der Waals surface area contributed by atoms with Crippen molar-refractivity contribution in [1.29, 1.82) is 0 Å². The van der Waals surface area contributed by atoms with E-state index >= 15 is 0 Å². The van der Waals surface area contributed by atoms with Crippen LogP contribution in [-0.4, -0.2) is 37.7 Å². The Hall–Kier alpha value is 2.37. The third kappa shape index (κ3) is 8.84. The Balaban J connectivity index is 0. The van der Waals surface area contributed by atoms with Crippen molar-refractivity contribution >= 4 is 37.7 Å². The van der Waals surface area contributed by atoms with Crippen molar-refractivity contribution < 1.29 is 42.2 Å². The second-order valence-corrected chi connectivity index (χ2v) is 0. The fourth-order valence-corrected chi connectivity index (χ4v) is 0. The minimum atomic E-state index is 0. The van der Waals surface area contributed by atoms with Crippen LogP contribution in [0.5, 0.6) is 0 Å². The van der Waals surface area contributed by atoms with Crippen molar-refractivity contribution in [1.82, 2.24) is 0 Å². The van der Waals surface area contributed by atoms with Gasteiger partial charge in [0.1, 0.15) is 0 Å². The Kier molecular flexibility index (Phi) is 149. The standard InChI is InChI=1S/Ca.2ClH.Cr/h;2*1H;/q+2;;;/p-2. The molecule has 0 aromatic rings. The first-order valence-electron chi connectivity index (χ1n) is 0. The van der Waals surface area contributed by atoms with Gasteiger partial charge in [-0.15, -0.1) is 0 Å². The Morgan fingerprint density at radius 2 is 0.750 bits per heavy atom. The number of halogens is 2. The van der Waals surface area contributed by atoms with E-state index in [9.17, 15) is 0 Å². The summed E-state index contributed by atoms with van der Waals surface area (Å²) in [7, 11) is 0. The molecule has 0 aromatic carbocycles. The molecule has 0 rings (SSSR count). The molecule has 0 spiro atoms. The van der Waals surface area contributed by atoms with Crippen molar-refractivity contribution in [3.8, 4) is 0 Å². The molecule has 4 heavy (non-hydrogen) atoms. The van der Waals surface area contributed by atoms with Crippen molar-refractivity contribution in [3.63, 3.8) is 0 Å². The summed E-state index contributed by atoms with van der Waals surface area (Å²) in [6.07, 6.45) is 0. The van der Waals surface area contributed by atoms with Gasteiger partial charge in [-0.1, -0.05) is 0 Å². The van der Waals surface area contributed by atoms with Gasteiger partial charge in [-0.3, -0.25) is 0 Å². The van der Waals surface area contributed by atoms with Crippen LogP contribution in [0.1, 0.15) is 0 Å². The topological polar surface area (TPSA) is 0 Å². The van der Waals surface area contributed by atoms with E-state index in [1.807, 2.05) is 0 Å².